The molecule has 0 unspecified atom stereocenters. The number of H-pyrrole nitrogens is 1. The van der Waals surface area contributed by atoms with Gasteiger partial charge in [-0.05, 0) is 37.6 Å². The van der Waals surface area contributed by atoms with Crippen molar-refractivity contribution >= 4 is 5.91 Å². The molecule has 0 aliphatic carbocycles. The number of alkyl halides is 3. The number of nitrogens with one attached hydrogen (secondary N) is 2. The summed E-state index contributed by atoms with van der Waals surface area (Å²) in [6.07, 6.45) is -1.98. The molecule has 30 heavy (non-hydrogen) atoms. The minimum atomic E-state index is -4.83. The van der Waals surface area contributed by atoms with Gasteiger partial charge in [0.25, 0.3) is 11.5 Å². The van der Waals surface area contributed by atoms with E-state index in [0.717, 1.165) is 12.1 Å². The molecule has 0 saturated carbocycles. The van der Waals surface area contributed by atoms with Crippen LogP contribution in [0.4, 0.5) is 17.6 Å². The van der Waals surface area contributed by atoms with Crippen molar-refractivity contribution in [3.8, 4) is 11.6 Å². The van der Waals surface area contributed by atoms with Gasteiger partial charge < -0.3 is 10.3 Å². The molecule has 0 bridgehead atoms. The molecule has 0 atom stereocenters. The third-order valence-corrected chi connectivity index (χ3v) is 4.17. The van der Waals surface area contributed by atoms with Crippen LogP contribution in [0, 0.1) is 5.82 Å². The van der Waals surface area contributed by atoms with Crippen LogP contribution in [0.3, 0.4) is 0 Å². The number of amides is 1. The standard InChI is InChI=1S/C19H15F4N5O2/c1-18(2,10-4-5-11(12(20)8-10)19(21,22)23)28-17(30)13-9-14(29)27-16(26-13)15-24-6-3-7-25-15/h3-9H,1-2H3,(H,28,30)(H,26,27,29). The van der Waals surface area contributed by atoms with Crippen molar-refractivity contribution in [1.29, 1.82) is 0 Å². The van der Waals surface area contributed by atoms with Crippen LogP contribution in [0.25, 0.3) is 11.6 Å². The monoisotopic (exact) mass is 421 g/mol. The molecule has 0 aliphatic heterocycles. The maximum Gasteiger partial charge on any atom is 0.419 e. The summed E-state index contributed by atoms with van der Waals surface area (Å²) in [5.74, 6) is -2.19. The second-order valence-electron chi connectivity index (χ2n) is 6.82. The average Bonchev–Trinajstić information content (AvgIpc) is 2.66. The number of carbonyl (C=O) groups is 1. The van der Waals surface area contributed by atoms with Crippen LogP contribution in [-0.4, -0.2) is 25.8 Å². The molecule has 3 rings (SSSR count). The van der Waals surface area contributed by atoms with Gasteiger partial charge in [-0.3, -0.25) is 9.59 Å². The number of nitrogens with zero attached hydrogens (tertiary/aromatic N) is 3. The van der Waals surface area contributed by atoms with Gasteiger partial charge >= 0.3 is 6.18 Å². The summed E-state index contributed by atoms with van der Waals surface area (Å²) in [6.45, 7) is 2.95. The van der Waals surface area contributed by atoms with Crippen LogP contribution in [-0.2, 0) is 11.7 Å². The molecule has 1 aromatic carbocycles. The SMILES string of the molecule is CC(C)(NC(=O)c1cc(=O)[nH]c(-c2ncccn2)n1)c1ccc(C(F)(F)F)c(F)c1. The first-order valence-electron chi connectivity index (χ1n) is 8.56. The first kappa shape index (κ1) is 21.1. The summed E-state index contributed by atoms with van der Waals surface area (Å²) in [6, 6.07) is 4.89. The van der Waals surface area contributed by atoms with Gasteiger partial charge in [-0.2, -0.15) is 13.2 Å². The molecule has 0 aliphatic rings. The second-order valence-corrected chi connectivity index (χ2v) is 6.82. The molecular formula is C19H15F4N5O2. The number of benzene rings is 1. The van der Waals surface area contributed by atoms with E-state index in [2.05, 4.69) is 25.3 Å². The Morgan fingerprint density at radius 2 is 1.77 bits per heavy atom. The molecule has 2 aromatic heterocycles. The molecule has 156 valence electrons. The Kier molecular flexibility index (Phi) is 5.38. The van der Waals surface area contributed by atoms with Gasteiger partial charge in [0.15, 0.2) is 11.6 Å². The fraction of sp³-hybridized carbons (Fsp3) is 0.211. The van der Waals surface area contributed by atoms with E-state index in [4.69, 9.17) is 0 Å². The number of halogens is 4. The van der Waals surface area contributed by atoms with E-state index in [-0.39, 0.29) is 22.9 Å². The van der Waals surface area contributed by atoms with Crippen LogP contribution in [0.5, 0.6) is 0 Å². The second kappa shape index (κ2) is 7.65. The molecule has 0 saturated heterocycles. The highest BCUT2D eigenvalue weighted by Crippen LogP contribution is 2.33. The highest BCUT2D eigenvalue weighted by Gasteiger charge is 2.35. The minimum Gasteiger partial charge on any atom is -0.342 e. The van der Waals surface area contributed by atoms with Crippen LogP contribution in [0.15, 0.2) is 47.5 Å². The molecule has 1 amide bonds. The summed E-state index contributed by atoms with van der Waals surface area (Å²) < 4.78 is 52.2. The molecular weight excluding hydrogens is 406 g/mol. The summed E-state index contributed by atoms with van der Waals surface area (Å²) in [5, 5.41) is 2.54. The zero-order valence-electron chi connectivity index (χ0n) is 15.7. The van der Waals surface area contributed by atoms with Crippen LogP contribution < -0.4 is 10.9 Å². The highest BCUT2D eigenvalue weighted by atomic mass is 19.4. The van der Waals surface area contributed by atoms with Crippen molar-refractivity contribution in [2.24, 2.45) is 0 Å². The number of hydrogen-bond donors (Lipinski definition) is 2. The molecule has 2 N–H and O–H groups in total. The van der Waals surface area contributed by atoms with Crippen LogP contribution in [0.1, 0.15) is 35.5 Å². The lowest BCUT2D eigenvalue weighted by molar-refractivity contribution is -0.140. The summed E-state index contributed by atoms with van der Waals surface area (Å²) >= 11 is 0. The van der Waals surface area contributed by atoms with Gasteiger partial charge in [0.2, 0.25) is 0 Å². The molecule has 0 spiro atoms. The number of carbonyl (C=O) groups excluding carboxylic acids is 1. The van der Waals surface area contributed by atoms with E-state index in [1.807, 2.05) is 0 Å². The minimum absolute atomic E-state index is 0.0355. The third-order valence-electron chi connectivity index (χ3n) is 4.17. The first-order chi connectivity index (χ1) is 14.0. The smallest absolute Gasteiger partial charge is 0.342 e. The van der Waals surface area contributed by atoms with E-state index in [1.165, 1.54) is 26.2 Å². The summed E-state index contributed by atoms with van der Waals surface area (Å²) in [4.78, 5) is 38.9. The normalized spacial score (nSPS) is 11.9. The quantitative estimate of drug-likeness (QED) is 0.631. The van der Waals surface area contributed by atoms with E-state index in [9.17, 15) is 27.2 Å². The fourth-order valence-electron chi connectivity index (χ4n) is 2.66. The van der Waals surface area contributed by atoms with Gasteiger partial charge in [-0.15, -0.1) is 0 Å². The van der Waals surface area contributed by atoms with Crippen LogP contribution in [0.2, 0.25) is 0 Å². The maximum atomic E-state index is 13.9. The van der Waals surface area contributed by atoms with Gasteiger partial charge in [0, 0.05) is 18.5 Å². The Morgan fingerprint density at radius 1 is 1.10 bits per heavy atom. The lowest BCUT2D eigenvalue weighted by Gasteiger charge is -2.27. The van der Waals surface area contributed by atoms with Gasteiger partial charge in [-0.25, -0.2) is 19.3 Å². The van der Waals surface area contributed by atoms with Crippen molar-refractivity contribution < 1.29 is 22.4 Å². The molecule has 11 heteroatoms. The number of aromatic amines is 1. The molecule has 0 fully saturated rings. The first-order valence-corrected chi connectivity index (χ1v) is 8.56. The zero-order valence-corrected chi connectivity index (χ0v) is 15.7. The Bertz CT molecular complexity index is 1140. The average molecular weight is 421 g/mol. The van der Waals surface area contributed by atoms with Gasteiger partial charge in [0.1, 0.15) is 11.5 Å². The Labute approximate surface area is 167 Å². The van der Waals surface area contributed by atoms with Crippen molar-refractivity contribution in [2.45, 2.75) is 25.6 Å². The van der Waals surface area contributed by atoms with Crippen LogP contribution >= 0.6 is 0 Å². The van der Waals surface area contributed by atoms with Gasteiger partial charge in [-0.1, -0.05) is 6.07 Å². The summed E-state index contributed by atoms with van der Waals surface area (Å²) in [5.41, 5.74) is -3.47. The number of rotatable bonds is 4. The fourth-order valence-corrected chi connectivity index (χ4v) is 2.66. The number of hydrogen-bond acceptors (Lipinski definition) is 5. The van der Waals surface area contributed by atoms with E-state index in [0.29, 0.717) is 12.1 Å². The van der Waals surface area contributed by atoms with Crippen molar-refractivity contribution in [2.75, 3.05) is 0 Å². The predicted molar refractivity (Wildman–Crippen MR) is 97.8 cm³/mol. The van der Waals surface area contributed by atoms with Gasteiger partial charge in [0.05, 0.1) is 11.1 Å². The predicted octanol–water partition coefficient (Wildman–Crippen LogP) is 3.05. The lowest BCUT2D eigenvalue weighted by Crippen LogP contribution is -2.42. The zero-order chi connectivity index (χ0) is 22.1. The van der Waals surface area contributed by atoms with E-state index < -0.39 is 34.6 Å². The molecule has 7 nitrogen and oxygen atoms in total. The lowest BCUT2D eigenvalue weighted by atomic mass is 9.92. The topological polar surface area (TPSA) is 101 Å². The molecule has 0 radical (unpaired) electrons. The van der Waals surface area contributed by atoms with Crippen molar-refractivity contribution in [3.63, 3.8) is 0 Å². The molecule has 3 aromatic rings. The molecule has 2 heterocycles. The largest absolute Gasteiger partial charge is 0.419 e. The van der Waals surface area contributed by atoms with E-state index >= 15 is 0 Å². The Hall–Kier alpha value is -3.63. The maximum absolute atomic E-state index is 13.9. The summed E-state index contributed by atoms with van der Waals surface area (Å²) in [7, 11) is 0. The van der Waals surface area contributed by atoms with Crippen molar-refractivity contribution in [3.05, 3.63) is 75.7 Å². The number of aromatic nitrogens is 4. The third kappa shape index (κ3) is 4.50. The highest BCUT2D eigenvalue weighted by molar-refractivity contribution is 5.93. The van der Waals surface area contributed by atoms with E-state index in [1.54, 1.807) is 6.07 Å². The van der Waals surface area contributed by atoms with Crippen molar-refractivity contribution in [1.82, 2.24) is 25.3 Å². The Balaban J connectivity index is 1.89. The Morgan fingerprint density at radius 3 is 2.37 bits per heavy atom.